The first-order valence-electron chi connectivity index (χ1n) is 6.50. The topological polar surface area (TPSA) is 74.6 Å². The van der Waals surface area contributed by atoms with Crippen LogP contribution in [0.15, 0.2) is 34.1 Å². The van der Waals surface area contributed by atoms with Crippen LogP contribution >= 0.6 is 0 Å². The zero-order chi connectivity index (χ0) is 15.9. The maximum atomic E-state index is 12.7. The third-order valence-corrected chi connectivity index (χ3v) is 5.86. The van der Waals surface area contributed by atoms with Crippen molar-refractivity contribution in [1.82, 2.24) is 0 Å². The van der Waals surface area contributed by atoms with Crippen LogP contribution in [0.5, 0.6) is 11.5 Å². The Bertz CT molecular complexity index is 821. The lowest BCUT2D eigenvalue weighted by molar-refractivity contribution is 0.402. The molecule has 21 heavy (non-hydrogen) atoms. The number of benzene rings is 2. The molecule has 2 N–H and O–H groups in total. The minimum absolute atomic E-state index is 0.0384. The van der Waals surface area contributed by atoms with E-state index in [9.17, 15) is 18.6 Å². The zero-order valence-electron chi connectivity index (χ0n) is 12.4. The Morgan fingerprint density at radius 3 is 2.00 bits per heavy atom. The Labute approximate surface area is 124 Å². The average molecular weight is 306 g/mol. The van der Waals surface area contributed by atoms with Crippen LogP contribution in [-0.2, 0) is 9.84 Å². The summed E-state index contributed by atoms with van der Waals surface area (Å²) in [6, 6.07) is 5.17. The van der Waals surface area contributed by atoms with E-state index in [4.69, 9.17) is 0 Å². The first-order chi connectivity index (χ1) is 9.66. The molecule has 0 saturated carbocycles. The molecule has 112 valence electrons. The summed E-state index contributed by atoms with van der Waals surface area (Å²) < 4.78 is 25.5. The number of aryl methyl sites for hydroxylation is 1. The Balaban J connectivity index is 2.73. The molecule has 0 aliphatic carbocycles. The predicted molar refractivity (Wildman–Crippen MR) is 80.6 cm³/mol. The molecule has 2 aromatic rings. The molecular weight excluding hydrogens is 288 g/mol. The van der Waals surface area contributed by atoms with Gasteiger partial charge in [0.25, 0.3) is 0 Å². The van der Waals surface area contributed by atoms with Crippen LogP contribution in [0.4, 0.5) is 0 Å². The van der Waals surface area contributed by atoms with Gasteiger partial charge in [-0.25, -0.2) is 8.42 Å². The molecule has 0 unspecified atom stereocenters. The summed E-state index contributed by atoms with van der Waals surface area (Å²) in [6.45, 7) is 7.50. The number of sulfone groups is 1. The summed E-state index contributed by atoms with van der Waals surface area (Å²) >= 11 is 0. The van der Waals surface area contributed by atoms with E-state index in [1.807, 2.05) is 20.8 Å². The second kappa shape index (κ2) is 5.07. The second-order valence-electron chi connectivity index (χ2n) is 5.22. The van der Waals surface area contributed by atoms with Crippen molar-refractivity contribution in [3.63, 3.8) is 0 Å². The summed E-state index contributed by atoms with van der Waals surface area (Å²) in [4.78, 5) is 0.191. The van der Waals surface area contributed by atoms with E-state index in [1.54, 1.807) is 13.0 Å². The van der Waals surface area contributed by atoms with Gasteiger partial charge in [-0.3, -0.25) is 0 Å². The smallest absolute Gasteiger partial charge is 0.207 e. The van der Waals surface area contributed by atoms with Crippen molar-refractivity contribution in [3.05, 3.63) is 46.5 Å². The van der Waals surface area contributed by atoms with Gasteiger partial charge in [-0.05, 0) is 68.1 Å². The molecule has 4 nitrogen and oxygen atoms in total. The molecule has 0 saturated heterocycles. The molecule has 0 bridgehead atoms. The summed E-state index contributed by atoms with van der Waals surface area (Å²) in [5.41, 5.74) is 3.61. The van der Waals surface area contributed by atoms with Gasteiger partial charge in [-0.2, -0.15) is 0 Å². The fourth-order valence-electron chi connectivity index (χ4n) is 2.25. The van der Waals surface area contributed by atoms with Crippen LogP contribution in [0.25, 0.3) is 0 Å². The van der Waals surface area contributed by atoms with E-state index in [-0.39, 0.29) is 15.5 Å². The monoisotopic (exact) mass is 306 g/mol. The van der Waals surface area contributed by atoms with Gasteiger partial charge in [0, 0.05) is 6.07 Å². The molecule has 0 heterocycles. The van der Waals surface area contributed by atoms with Gasteiger partial charge in [0.2, 0.25) is 9.84 Å². The van der Waals surface area contributed by atoms with Crippen molar-refractivity contribution in [3.8, 4) is 11.5 Å². The highest BCUT2D eigenvalue weighted by atomic mass is 32.2. The molecule has 2 rings (SSSR count). The standard InChI is InChI=1S/C16H18O4S/c1-9-7-16(12(4)11(3)10(9)2)21(19,20)13-5-6-14(17)15(18)8-13/h5-8,17-18H,1-4H3. The summed E-state index contributed by atoms with van der Waals surface area (Å²) in [7, 11) is -3.74. The maximum Gasteiger partial charge on any atom is 0.207 e. The van der Waals surface area contributed by atoms with E-state index >= 15 is 0 Å². The molecule has 0 spiro atoms. The molecule has 0 aliphatic rings. The Hall–Kier alpha value is -2.01. The quantitative estimate of drug-likeness (QED) is 0.836. The lowest BCUT2D eigenvalue weighted by Crippen LogP contribution is -2.07. The van der Waals surface area contributed by atoms with Crippen molar-refractivity contribution in [2.24, 2.45) is 0 Å². The van der Waals surface area contributed by atoms with E-state index in [1.165, 1.54) is 12.1 Å². The van der Waals surface area contributed by atoms with Gasteiger partial charge < -0.3 is 10.2 Å². The largest absolute Gasteiger partial charge is 0.504 e. The number of aromatic hydroxyl groups is 2. The van der Waals surface area contributed by atoms with Crippen LogP contribution in [0.3, 0.4) is 0 Å². The molecule has 0 radical (unpaired) electrons. The van der Waals surface area contributed by atoms with Gasteiger partial charge in [-0.15, -0.1) is 0 Å². The molecule has 0 aliphatic heterocycles. The molecular formula is C16H18O4S. The van der Waals surface area contributed by atoms with Gasteiger partial charge in [0.15, 0.2) is 11.5 Å². The minimum atomic E-state index is -3.74. The molecule has 5 heteroatoms. The van der Waals surface area contributed by atoms with Crippen molar-refractivity contribution in [2.45, 2.75) is 37.5 Å². The van der Waals surface area contributed by atoms with E-state index in [0.717, 1.165) is 22.8 Å². The maximum absolute atomic E-state index is 12.7. The lowest BCUT2D eigenvalue weighted by atomic mass is 10.00. The zero-order valence-corrected chi connectivity index (χ0v) is 13.2. The van der Waals surface area contributed by atoms with E-state index in [0.29, 0.717) is 5.56 Å². The number of hydrogen-bond acceptors (Lipinski definition) is 4. The lowest BCUT2D eigenvalue weighted by Gasteiger charge is -2.15. The predicted octanol–water partition coefficient (Wildman–Crippen LogP) is 3.16. The minimum Gasteiger partial charge on any atom is -0.504 e. The molecule has 0 aromatic heterocycles. The number of phenolic OH excluding ortho intramolecular Hbond substituents is 2. The van der Waals surface area contributed by atoms with Crippen LogP contribution in [0, 0.1) is 27.7 Å². The highest BCUT2D eigenvalue weighted by molar-refractivity contribution is 7.91. The molecule has 2 aromatic carbocycles. The third kappa shape index (κ3) is 2.49. The van der Waals surface area contributed by atoms with Gasteiger partial charge >= 0.3 is 0 Å². The van der Waals surface area contributed by atoms with Crippen molar-refractivity contribution in [2.75, 3.05) is 0 Å². The van der Waals surface area contributed by atoms with Crippen LogP contribution < -0.4 is 0 Å². The Morgan fingerprint density at radius 2 is 1.43 bits per heavy atom. The highest BCUT2D eigenvalue weighted by Gasteiger charge is 2.23. The van der Waals surface area contributed by atoms with Crippen molar-refractivity contribution < 1.29 is 18.6 Å². The molecule has 0 atom stereocenters. The summed E-state index contributed by atoms with van der Waals surface area (Å²) in [5, 5.41) is 18.8. The first-order valence-corrected chi connectivity index (χ1v) is 7.99. The number of phenols is 2. The average Bonchev–Trinajstić information content (AvgIpc) is 2.43. The van der Waals surface area contributed by atoms with E-state index < -0.39 is 15.6 Å². The second-order valence-corrected chi connectivity index (χ2v) is 7.14. The normalized spacial score (nSPS) is 11.6. The highest BCUT2D eigenvalue weighted by Crippen LogP contribution is 2.33. The Kier molecular flexibility index (Phi) is 3.72. The van der Waals surface area contributed by atoms with Crippen LogP contribution in [0.2, 0.25) is 0 Å². The SMILES string of the molecule is Cc1cc(S(=O)(=O)c2ccc(O)c(O)c2)c(C)c(C)c1C. The molecule has 0 fully saturated rings. The fraction of sp³-hybridized carbons (Fsp3) is 0.250. The summed E-state index contributed by atoms with van der Waals surface area (Å²) in [6.07, 6.45) is 0. The summed E-state index contributed by atoms with van der Waals surface area (Å²) in [5.74, 6) is -0.795. The van der Waals surface area contributed by atoms with Crippen LogP contribution in [-0.4, -0.2) is 18.6 Å². The number of hydrogen-bond donors (Lipinski definition) is 2. The van der Waals surface area contributed by atoms with Crippen LogP contribution in [0.1, 0.15) is 22.3 Å². The van der Waals surface area contributed by atoms with Gasteiger partial charge in [-0.1, -0.05) is 0 Å². The van der Waals surface area contributed by atoms with Crippen molar-refractivity contribution in [1.29, 1.82) is 0 Å². The number of rotatable bonds is 2. The molecule has 0 amide bonds. The fourth-order valence-corrected chi connectivity index (χ4v) is 3.91. The van der Waals surface area contributed by atoms with Crippen molar-refractivity contribution >= 4 is 9.84 Å². The third-order valence-electron chi connectivity index (χ3n) is 3.98. The Morgan fingerprint density at radius 1 is 0.810 bits per heavy atom. The van der Waals surface area contributed by atoms with Gasteiger partial charge in [0.1, 0.15) is 0 Å². The van der Waals surface area contributed by atoms with E-state index in [2.05, 4.69) is 0 Å². The first kappa shape index (κ1) is 15.4. The van der Waals surface area contributed by atoms with Gasteiger partial charge in [0.05, 0.1) is 9.79 Å².